The van der Waals surface area contributed by atoms with Crippen molar-refractivity contribution in [2.45, 2.75) is 26.7 Å². The van der Waals surface area contributed by atoms with E-state index in [1.165, 1.54) is 0 Å². The molecule has 0 atom stereocenters. The van der Waals surface area contributed by atoms with Gasteiger partial charge in [-0.3, -0.25) is 14.9 Å². The van der Waals surface area contributed by atoms with E-state index in [1.54, 1.807) is 24.5 Å². The Bertz CT molecular complexity index is 386. The van der Waals surface area contributed by atoms with Gasteiger partial charge < -0.3 is 9.47 Å². The van der Waals surface area contributed by atoms with Gasteiger partial charge in [0.25, 0.3) is 0 Å². The summed E-state index contributed by atoms with van der Waals surface area (Å²) in [6.45, 7) is 3.45. The second-order valence-corrected chi connectivity index (χ2v) is 3.49. The van der Waals surface area contributed by atoms with Gasteiger partial charge in [0.05, 0.1) is 13.2 Å². The minimum absolute atomic E-state index is 0.137. The summed E-state index contributed by atoms with van der Waals surface area (Å²) < 4.78 is 8.78. The zero-order valence-corrected chi connectivity index (χ0v) is 11.7. The highest BCUT2D eigenvalue weighted by atomic mass is 16.6. The summed E-state index contributed by atoms with van der Waals surface area (Å²) in [4.78, 5) is 52.3. The molecule has 1 saturated heterocycles. The van der Waals surface area contributed by atoms with E-state index in [0.29, 0.717) is 12.8 Å². The molecular formula is C11H17N3O7. The number of alkyl carbamates (subject to hydrolysis) is 2. The molecule has 6 amide bonds. The maximum absolute atomic E-state index is 10.8. The first-order valence-electron chi connectivity index (χ1n) is 6.13. The van der Waals surface area contributed by atoms with E-state index in [9.17, 15) is 24.0 Å². The third-order valence-electron chi connectivity index (χ3n) is 1.84. The van der Waals surface area contributed by atoms with Crippen LogP contribution in [0.1, 0.15) is 26.7 Å². The lowest BCUT2D eigenvalue weighted by atomic mass is 10.4. The lowest BCUT2D eigenvalue weighted by Gasteiger charge is -2.04. The van der Waals surface area contributed by atoms with Crippen LogP contribution in [-0.2, 0) is 19.1 Å². The average Bonchev–Trinajstić information content (AvgIpc) is 2.74. The summed E-state index contributed by atoms with van der Waals surface area (Å²) in [5, 5.41) is 5.66. The van der Waals surface area contributed by atoms with Gasteiger partial charge in [-0.25, -0.2) is 25.0 Å². The van der Waals surface area contributed by atoms with Crippen LogP contribution in [0.2, 0.25) is 0 Å². The molecule has 1 rings (SSSR count). The Hall–Kier alpha value is -2.65. The SMILES string of the molecule is CCOC(=O)NC(=O)NC(=O)OCC.O=C1CCC(=O)N1. The van der Waals surface area contributed by atoms with Gasteiger partial charge in [-0.2, -0.15) is 0 Å². The fourth-order valence-electron chi connectivity index (χ4n) is 1.06. The number of imide groups is 3. The van der Waals surface area contributed by atoms with Gasteiger partial charge in [0.2, 0.25) is 11.8 Å². The summed E-state index contributed by atoms with van der Waals surface area (Å²) in [6.07, 6.45) is -1.10. The molecule has 0 bridgehead atoms. The quantitative estimate of drug-likeness (QED) is 0.611. The number of amides is 6. The molecule has 0 aromatic carbocycles. The molecule has 1 aliphatic rings. The number of carbonyl (C=O) groups is 5. The van der Waals surface area contributed by atoms with Crippen molar-refractivity contribution in [3.63, 3.8) is 0 Å². The Morgan fingerprint density at radius 3 is 1.57 bits per heavy atom. The molecule has 118 valence electrons. The van der Waals surface area contributed by atoms with Crippen molar-refractivity contribution in [1.82, 2.24) is 16.0 Å². The minimum Gasteiger partial charge on any atom is -0.450 e. The zero-order valence-electron chi connectivity index (χ0n) is 11.7. The predicted molar refractivity (Wildman–Crippen MR) is 68.1 cm³/mol. The Kier molecular flexibility index (Phi) is 8.89. The number of hydrogen-bond acceptors (Lipinski definition) is 7. The van der Waals surface area contributed by atoms with Crippen molar-refractivity contribution in [2.75, 3.05) is 13.2 Å². The van der Waals surface area contributed by atoms with Gasteiger partial charge >= 0.3 is 18.2 Å². The molecule has 1 fully saturated rings. The number of carbonyl (C=O) groups excluding carboxylic acids is 5. The highest BCUT2D eigenvalue weighted by Crippen LogP contribution is 1.95. The second kappa shape index (κ2) is 10.2. The van der Waals surface area contributed by atoms with Crippen LogP contribution in [-0.4, -0.2) is 43.2 Å². The average molecular weight is 303 g/mol. The largest absolute Gasteiger partial charge is 0.450 e. The van der Waals surface area contributed by atoms with Crippen LogP contribution >= 0.6 is 0 Å². The van der Waals surface area contributed by atoms with E-state index < -0.39 is 18.2 Å². The maximum atomic E-state index is 10.8. The van der Waals surface area contributed by atoms with Crippen LogP contribution in [0.3, 0.4) is 0 Å². The van der Waals surface area contributed by atoms with E-state index >= 15 is 0 Å². The molecule has 10 heteroatoms. The molecule has 21 heavy (non-hydrogen) atoms. The fraction of sp³-hybridized carbons (Fsp3) is 0.545. The van der Waals surface area contributed by atoms with Crippen molar-refractivity contribution in [2.24, 2.45) is 0 Å². The van der Waals surface area contributed by atoms with Crippen molar-refractivity contribution in [3.05, 3.63) is 0 Å². The Morgan fingerprint density at radius 1 is 0.952 bits per heavy atom. The van der Waals surface area contributed by atoms with Gasteiger partial charge in [-0.05, 0) is 13.8 Å². The first-order chi connectivity index (χ1) is 9.88. The monoisotopic (exact) mass is 303 g/mol. The number of ether oxygens (including phenoxy) is 2. The van der Waals surface area contributed by atoms with Crippen molar-refractivity contribution < 1.29 is 33.4 Å². The highest BCUT2D eigenvalue weighted by molar-refractivity contribution is 6.01. The first-order valence-corrected chi connectivity index (χ1v) is 6.13. The van der Waals surface area contributed by atoms with Crippen LogP contribution in [0.15, 0.2) is 0 Å². The molecule has 0 aromatic heterocycles. The molecule has 0 aliphatic carbocycles. The van der Waals surface area contributed by atoms with Gasteiger partial charge in [-0.1, -0.05) is 0 Å². The highest BCUT2D eigenvalue weighted by Gasteiger charge is 2.15. The fourth-order valence-corrected chi connectivity index (χ4v) is 1.06. The van der Waals surface area contributed by atoms with Crippen LogP contribution in [0, 0.1) is 0 Å². The summed E-state index contributed by atoms with van der Waals surface area (Å²) in [6, 6.07) is -0.984. The Labute approximate surface area is 120 Å². The van der Waals surface area contributed by atoms with Gasteiger partial charge in [0, 0.05) is 12.8 Å². The maximum Gasteiger partial charge on any atom is 0.415 e. The van der Waals surface area contributed by atoms with Gasteiger partial charge in [0.15, 0.2) is 0 Å². The number of nitrogens with one attached hydrogen (secondary N) is 3. The van der Waals surface area contributed by atoms with Crippen molar-refractivity contribution in [3.8, 4) is 0 Å². The third kappa shape index (κ3) is 9.87. The summed E-state index contributed by atoms with van der Waals surface area (Å²) >= 11 is 0. The molecule has 0 aromatic rings. The standard InChI is InChI=1S/C7H12N2O5.C4H5NO2/c1-3-13-6(11)8-5(10)9-7(12)14-4-2;6-3-1-2-4(7)5-3/h3-4H2,1-2H3,(H2,8,9,10,11,12);1-2H2,(H,5,6,7). The van der Waals surface area contributed by atoms with E-state index in [0.717, 1.165) is 0 Å². The minimum atomic E-state index is -0.984. The molecule has 0 saturated carbocycles. The second-order valence-electron chi connectivity index (χ2n) is 3.49. The third-order valence-corrected chi connectivity index (χ3v) is 1.84. The lowest BCUT2D eigenvalue weighted by molar-refractivity contribution is -0.124. The lowest BCUT2D eigenvalue weighted by Crippen LogP contribution is -2.42. The first kappa shape index (κ1) is 18.4. The molecular weight excluding hydrogens is 286 g/mol. The molecule has 1 heterocycles. The molecule has 10 nitrogen and oxygen atoms in total. The van der Waals surface area contributed by atoms with Crippen LogP contribution in [0.25, 0.3) is 0 Å². The molecule has 0 unspecified atom stereocenters. The smallest absolute Gasteiger partial charge is 0.415 e. The van der Waals surface area contributed by atoms with E-state index in [1.807, 2.05) is 0 Å². The van der Waals surface area contributed by atoms with Crippen LogP contribution in [0.5, 0.6) is 0 Å². The predicted octanol–water partition coefficient (Wildman–Crippen LogP) is 0.0216. The normalized spacial score (nSPS) is 12.5. The van der Waals surface area contributed by atoms with Gasteiger partial charge in [-0.15, -0.1) is 0 Å². The zero-order chi connectivity index (χ0) is 16.3. The van der Waals surface area contributed by atoms with Crippen molar-refractivity contribution >= 4 is 30.0 Å². The number of hydrogen-bond donors (Lipinski definition) is 3. The molecule has 3 N–H and O–H groups in total. The number of rotatable bonds is 2. The Balaban J connectivity index is 0.000000471. The van der Waals surface area contributed by atoms with Crippen molar-refractivity contribution in [1.29, 1.82) is 0 Å². The van der Waals surface area contributed by atoms with E-state index in [-0.39, 0.29) is 25.0 Å². The molecule has 0 spiro atoms. The molecule has 1 aliphatic heterocycles. The van der Waals surface area contributed by atoms with E-state index in [2.05, 4.69) is 14.8 Å². The summed E-state index contributed by atoms with van der Waals surface area (Å²) in [5.41, 5.74) is 0. The number of urea groups is 1. The Morgan fingerprint density at radius 2 is 1.33 bits per heavy atom. The van der Waals surface area contributed by atoms with Crippen LogP contribution < -0.4 is 16.0 Å². The van der Waals surface area contributed by atoms with Crippen LogP contribution in [0.4, 0.5) is 14.4 Å². The van der Waals surface area contributed by atoms with Gasteiger partial charge in [0.1, 0.15) is 0 Å². The van der Waals surface area contributed by atoms with E-state index in [4.69, 9.17) is 0 Å². The molecule has 0 radical (unpaired) electrons. The topological polar surface area (TPSA) is 140 Å². The summed E-state index contributed by atoms with van der Waals surface area (Å²) in [5.74, 6) is -0.296. The summed E-state index contributed by atoms with van der Waals surface area (Å²) in [7, 11) is 0.